The van der Waals surface area contributed by atoms with Crippen LogP contribution in [0.25, 0.3) is 0 Å². The van der Waals surface area contributed by atoms with Gasteiger partial charge in [-0.05, 0) is 25.8 Å². The summed E-state index contributed by atoms with van der Waals surface area (Å²) in [5, 5.41) is 8.07. The molecule has 1 aliphatic heterocycles. The van der Waals surface area contributed by atoms with Gasteiger partial charge in [0.05, 0.1) is 24.9 Å². The molecule has 0 aromatic carbocycles. The predicted molar refractivity (Wildman–Crippen MR) is 84.6 cm³/mol. The molecule has 0 spiro atoms. The molecule has 2 aromatic heterocycles. The van der Waals surface area contributed by atoms with E-state index in [4.69, 9.17) is 9.26 Å². The monoisotopic (exact) mass is 332 g/mol. The first-order chi connectivity index (χ1) is 11.6. The zero-order chi connectivity index (χ0) is 17.1. The fraction of sp³-hybridized carbons (Fsp3) is 0.500. The minimum absolute atomic E-state index is 0.139. The largest absolute Gasteiger partial charge is 0.383 e. The van der Waals surface area contributed by atoms with Crippen molar-refractivity contribution in [2.24, 2.45) is 0 Å². The average Bonchev–Trinajstić information content (AvgIpc) is 3.22. The molecule has 2 aromatic rings. The number of ether oxygens (including phenoxy) is 1. The van der Waals surface area contributed by atoms with E-state index in [9.17, 15) is 9.59 Å². The first-order valence-corrected chi connectivity index (χ1v) is 7.91. The summed E-state index contributed by atoms with van der Waals surface area (Å²) in [6.45, 7) is 3.14. The van der Waals surface area contributed by atoms with Gasteiger partial charge >= 0.3 is 0 Å². The van der Waals surface area contributed by atoms with Gasteiger partial charge in [-0.25, -0.2) is 4.68 Å². The van der Waals surface area contributed by atoms with E-state index in [1.54, 1.807) is 12.0 Å². The summed E-state index contributed by atoms with van der Waals surface area (Å²) in [6, 6.07) is 4.54. The Kier molecular flexibility index (Phi) is 4.75. The standard InChI is InChI=1S/C16H20N4O4/c1-11-10-14(24-18-11)13-4-3-7-19(13)16(22)12-5-6-15(21)20(17-12)8-9-23-2/h5-6,10,13H,3-4,7-9H2,1-2H3. The van der Waals surface area contributed by atoms with Crippen molar-refractivity contribution in [2.75, 3.05) is 20.3 Å². The van der Waals surface area contributed by atoms with Crippen LogP contribution in [-0.2, 0) is 11.3 Å². The third-order valence-corrected chi connectivity index (χ3v) is 4.08. The highest BCUT2D eigenvalue weighted by molar-refractivity contribution is 5.92. The summed E-state index contributed by atoms with van der Waals surface area (Å²) in [6.07, 6.45) is 1.71. The second-order valence-corrected chi connectivity index (χ2v) is 5.80. The molecule has 0 radical (unpaired) electrons. The van der Waals surface area contributed by atoms with E-state index in [1.165, 1.54) is 16.8 Å². The summed E-state index contributed by atoms with van der Waals surface area (Å²) in [7, 11) is 1.55. The number of aryl methyl sites for hydroxylation is 1. The molecule has 3 heterocycles. The summed E-state index contributed by atoms with van der Waals surface area (Å²) in [4.78, 5) is 26.4. The Morgan fingerprint density at radius 3 is 3.00 bits per heavy atom. The number of rotatable bonds is 5. The van der Waals surface area contributed by atoms with Crippen LogP contribution in [0.2, 0.25) is 0 Å². The number of aromatic nitrogens is 3. The van der Waals surface area contributed by atoms with Crippen molar-refractivity contribution in [3.63, 3.8) is 0 Å². The van der Waals surface area contributed by atoms with E-state index in [-0.39, 0.29) is 23.2 Å². The van der Waals surface area contributed by atoms with Gasteiger partial charge in [-0.15, -0.1) is 0 Å². The fourth-order valence-electron chi connectivity index (χ4n) is 2.89. The number of likely N-dealkylation sites (tertiary alicyclic amines) is 1. The predicted octanol–water partition coefficient (Wildman–Crippen LogP) is 1.16. The number of amides is 1. The topological polar surface area (TPSA) is 90.5 Å². The van der Waals surface area contributed by atoms with Crippen molar-refractivity contribution in [1.29, 1.82) is 0 Å². The van der Waals surface area contributed by atoms with Gasteiger partial charge in [-0.2, -0.15) is 5.10 Å². The van der Waals surface area contributed by atoms with E-state index in [2.05, 4.69) is 10.3 Å². The molecule has 3 rings (SSSR count). The zero-order valence-corrected chi connectivity index (χ0v) is 13.8. The van der Waals surface area contributed by atoms with Gasteiger partial charge in [-0.1, -0.05) is 5.16 Å². The zero-order valence-electron chi connectivity index (χ0n) is 13.8. The molecule has 8 nitrogen and oxygen atoms in total. The van der Waals surface area contributed by atoms with Crippen LogP contribution in [0, 0.1) is 6.92 Å². The van der Waals surface area contributed by atoms with Gasteiger partial charge < -0.3 is 14.2 Å². The summed E-state index contributed by atoms with van der Waals surface area (Å²) in [5.74, 6) is 0.476. The molecule has 1 fully saturated rings. The van der Waals surface area contributed by atoms with Crippen molar-refractivity contribution in [3.05, 3.63) is 45.7 Å². The van der Waals surface area contributed by atoms with Crippen LogP contribution in [0.4, 0.5) is 0 Å². The van der Waals surface area contributed by atoms with Crippen LogP contribution in [0.5, 0.6) is 0 Å². The molecule has 0 N–H and O–H groups in total. The number of carbonyl (C=O) groups excluding carboxylic acids is 1. The van der Waals surface area contributed by atoms with Crippen LogP contribution >= 0.6 is 0 Å². The molecule has 24 heavy (non-hydrogen) atoms. The second-order valence-electron chi connectivity index (χ2n) is 5.80. The van der Waals surface area contributed by atoms with Crippen molar-refractivity contribution in [1.82, 2.24) is 19.8 Å². The highest BCUT2D eigenvalue weighted by atomic mass is 16.5. The number of nitrogens with zero attached hydrogens (tertiary/aromatic N) is 4. The van der Waals surface area contributed by atoms with Crippen molar-refractivity contribution >= 4 is 5.91 Å². The van der Waals surface area contributed by atoms with Gasteiger partial charge in [-0.3, -0.25) is 9.59 Å². The van der Waals surface area contributed by atoms with E-state index in [0.717, 1.165) is 18.5 Å². The Morgan fingerprint density at radius 1 is 1.46 bits per heavy atom. The molecule has 0 bridgehead atoms. The molecule has 1 amide bonds. The van der Waals surface area contributed by atoms with Crippen LogP contribution < -0.4 is 5.56 Å². The highest BCUT2D eigenvalue weighted by Crippen LogP contribution is 2.33. The van der Waals surface area contributed by atoms with Crippen LogP contribution in [0.3, 0.4) is 0 Å². The van der Waals surface area contributed by atoms with Crippen molar-refractivity contribution in [2.45, 2.75) is 32.4 Å². The fourth-order valence-corrected chi connectivity index (χ4v) is 2.89. The minimum atomic E-state index is -0.257. The molecular weight excluding hydrogens is 312 g/mol. The van der Waals surface area contributed by atoms with E-state index >= 15 is 0 Å². The molecule has 128 valence electrons. The Labute approximate surface area is 139 Å². The number of hydrogen-bond acceptors (Lipinski definition) is 6. The number of methoxy groups -OCH3 is 1. The Bertz CT molecular complexity index is 782. The van der Waals surface area contributed by atoms with Crippen LogP contribution in [-0.4, -0.2) is 46.0 Å². The third-order valence-electron chi connectivity index (χ3n) is 4.08. The molecule has 1 atom stereocenters. The lowest BCUT2D eigenvalue weighted by molar-refractivity contribution is 0.0704. The Hall–Kier alpha value is -2.48. The van der Waals surface area contributed by atoms with Gasteiger partial charge in [0.25, 0.3) is 11.5 Å². The molecular formula is C16H20N4O4. The smallest absolute Gasteiger partial charge is 0.274 e. The lowest BCUT2D eigenvalue weighted by atomic mass is 10.1. The lowest BCUT2D eigenvalue weighted by Gasteiger charge is -2.22. The maximum atomic E-state index is 12.8. The van der Waals surface area contributed by atoms with E-state index in [1.807, 2.05) is 13.0 Å². The van der Waals surface area contributed by atoms with Crippen LogP contribution in [0.1, 0.15) is 40.8 Å². The maximum absolute atomic E-state index is 12.8. The lowest BCUT2D eigenvalue weighted by Crippen LogP contribution is -2.34. The summed E-state index contributed by atoms with van der Waals surface area (Å²) in [5.41, 5.74) is 0.775. The molecule has 1 unspecified atom stereocenters. The summed E-state index contributed by atoms with van der Waals surface area (Å²) >= 11 is 0. The average molecular weight is 332 g/mol. The van der Waals surface area contributed by atoms with Gasteiger partial charge in [0.15, 0.2) is 5.76 Å². The molecule has 1 saturated heterocycles. The van der Waals surface area contributed by atoms with Crippen molar-refractivity contribution < 1.29 is 14.1 Å². The first kappa shape index (κ1) is 16.4. The first-order valence-electron chi connectivity index (χ1n) is 7.91. The summed E-state index contributed by atoms with van der Waals surface area (Å²) < 4.78 is 11.5. The molecule has 1 aliphatic rings. The van der Waals surface area contributed by atoms with Gasteiger partial charge in [0, 0.05) is 25.8 Å². The number of hydrogen-bond donors (Lipinski definition) is 0. The highest BCUT2D eigenvalue weighted by Gasteiger charge is 2.34. The van der Waals surface area contributed by atoms with Gasteiger partial charge in [0.1, 0.15) is 5.69 Å². The molecule has 0 saturated carbocycles. The Balaban J connectivity index is 1.84. The number of carbonyl (C=O) groups is 1. The van der Waals surface area contributed by atoms with Crippen molar-refractivity contribution in [3.8, 4) is 0 Å². The second kappa shape index (κ2) is 6.96. The Morgan fingerprint density at radius 2 is 2.29 bits per heavy atom. The molecule has 8 heteroatoms. The van der Waals surface area contributed by atoms with E-state index in [0.29, 0.717) is 25.5 Å². The van der Waals surface area contributed by atoms with Gasteiger partial charge in [0.2, 0.25) is 0 Å². The maximum Gasteiger partial charge on any atom is 0.274 e. The molecule has 0 aliphatic carbocycles. The normalized spacial score (nSPS) is 17.4. The van der Waals surface area contributed by atoms with E-state index < -0.39 is 0 Å². The SMILES string of the molecule is COCCn1nc(C(=O)N2CCCC2c2cc(C)no2)ccc1=O. The van der Waals surface area contributed by atoms with Crippen LogP contribution in [0.15, 0.2) is 27.5 Å². The minimum Gasteiger partial charge on any atom is -0.383 e. The quantitative estimate of drug-likeness (QED) is 0.816. The third kappa shape index (κ3) is 3.23.